The van der Waals surface area contributed by atoms with Gasteiger partial charge < -0.3 is 10.2 Å². The summed E-state index contributed by atoms with van der Waals surface area (Å²) in [6.07, 6.45) is 11.7. The molecule has 30 heavy (non-hydrogen) atoms. The predicted octanol–water partition coefficient (Wildman–Crippen LogP) is 6.78. The average Bonchev–Trinajstić information content (AvgIpc) is 2.73. The molecule has 0 saturated heterocycles. The van der Waals surface area contributed by atoms with Crippen LogP contribution in [-0.4, -0.2) is 22.2 Å². The fourth-order valence-electron chi connectivity index (χ4n) is 5.55. The van der Waals surface area contributed by atoms with Crippen LogP contribution in [-0.2, 0) is 9.59 Å². The van der Waals surface area contributed by atoms with E-state index in [1.807, 2.05) is 0 Å². The second-order valence-corrected chi connectivity index (χ2v) is 9.19. The van der Waals surface area contributed by atoms with Crippen molar-refractivity contribution in [3.8, 4) is 0 Å². The number of allylic oxidation sites excluding steroid dienone is 4. The minimum atomic E-state index is -0.938. The Bertz CT molecular complexity index is 629. The normalized spacial score (nSPS) is 25.4. The van der Waals surface area contributed by atoms with Crippen LogP contribution in [0.4, 0.5) is 0 Å². The van der Waals surface area contributed by atoms with Gasteiger partial charge in [0.2, 0.25) is 0 Å². The van der Waals surface area contributed by atoms with Crippen molar-refractivity contribution < 1.29 is 19.8 Å². The first-order valence-corrected chi connectivity index (χ1v) is 11.8. The van der Waals surface area contributed by atoms with E-state index in [1.54, 1.807) is 0 Å². The molecule has 0 aromatic carbocycles. The van der Waals surface area contributed by atoms with E-state index in [4.69, 9.17) is 0 Å². The maximum atomic E-state index is 12.0. The molecular formula is C26H40O4. The fourth-order valence-corrected chi connectivity index (χ4v) is 5.55. The number of carboxylic acid groups (broad SMARTS) is 2. The van der Waals surface area contributed by atoms with E-state index < -0.39 is 23.8 Å². The van der Waals surface area contributed by atoms with Crippen LogP contribution in [0, 0.1) is 23.7 Å². The lowest BCUT2D eigenvalue weighted by molar-refractivity contribution is -0.161. The quantitative estimate of drug-likeness (QED) is 0.242. The lowest BCUT2D eigenvalue weighted by Crippen LogP contribution is -2.49. The molecule has 2 bridgehead atoms. The van der Waals surface area contributed by atoms with E-state index in [9.17, 15) is 19.8 Å². The SMILES string of the molecule is C=C(CC)CCCCC1=C(CCCCC(=C)CC)C2CCC1C(C(=O)O)C2C(=O)O. The third kappa shape index (κ3) is 5.86. The lowest BCUT2D eigenvalue weighted by atomic mass is 9.55. The number of hydrogen-bond acceptors (Lipinski definition) is 2. The maximum Gasteiger partial charge on any atom is 0.308 e. The molecule has 3 rings (SSSR count). The molecular weight excluding hydrogens is 376 g/mol. The highest BCUT2D eigenvalue weighted by Crippen LogP contribution is 2.54. The van der Waals surface area contributed by atoms with Crippen LogP contribution in [0.3, 0.4) is 0 Å². The minimum Gasteiger partial charge on any atom is -0.481 e. The molecule has 4 nitrogen and oxygen atoms in total. The van der Waals surface area contributed by atoms with Crippen LogP contribution in [0.15, 0.2) is 35.5 Å². The average molecular weight is 417 g/mol. The molecule has 1 saturated carbocycles. The first-order chi connectivity index (χ1) is 14.3. The van der Waals surface area contributed by atoms with Gasteiger partial charge in [0.15, 0.2) is 0 Å². The van der Waals surface area contributed by atoms with Crippen molar-refractivity contribution in [3.63, 3.8) is 0 Å². The van der Waals surface area contributed by atoms with Crippen LogP contribution in [0.25, 0.3) is 0 Å². The molecule has 4 unspecified atom stereocenters. The number of hydrogen-bond donors (Lipinski definition) is 2. The summed E-state index contributed by atoms with van der Waals surface area (Å²) in [6, 6.07) is 0. The van der Waals surface area contributed by atoms with Crippen molar-refractivity contribution in [2.24, 2.45) is 23.7 Å². The second-order valence-electron chi connectivity index (χ2n) is 9.19. The fraction of sp³-hybridized carbons (Fsp3) is 0.692. The summed E-state index contributed by atoms with van der Waals surface area (Å²) in [5, 5.41) is 19.7. The number of fused-ring (bicyclic) bond motifs is 2. The first kappa shape index (κ1) is 24.4. The van der Waals surface area contributed by atoms with Crippen molar-refractivity contribution in [3.05, 3.63) is 35.5 Å². The van der Waals surface area contributed by atoms with Crippen LogP contribution in [0.5, 0.6) is 0 Å². The molecule has 4 heteroatoms. The molecule has 3 aliphatic rings. The van der Waals surface area contributed by atoms with E-state index in [0.29, 0.717) is 0 Å². The van der Waals surface area contributed by atoms with Crippen molar-refractivity contribution in [1.29, 1.82) is 0 Å². The van der Waals surface area contributed by atoms with Gasteiger partial charge in [-0.25, -0.2) is 0 Å². The summed E-state index contributed by atoms with van der Waals surface area (Å²) in [5.41, 5.74) is 5.10. The highest BCUT2D eigenvalue weighted by Gasteiger charge is 2.53. The van der Waals surface area contributed by atoms with Gasteiger partial charge in [0.05, 0.1) is 11.8 Å². The maximum absolute atomic E-state index is 12.0. The summed E-state index contributed by atoms with van der Waals surface area (Å²) >= 11 is 0. The van der Waals surface area contributed by atoms with Crippen molar-refractivity contribution in [1.82, 2.24) is 0 Å². The Morgan fingerprint density at radius 2 is 1.13 bits per heavy atom. The summed E-state index contributed by atoms with van der Waals surface area (Å²) in [4.78, 5) is 24.1. The molecule has 0 amide bonds. The molecule has 2 N–H and O–H groups in total. The largest absolute Gasteiger partial charge is 0.481 e. The van der Waals surface area contributed by atoms with Crippen LogP contribution in [0.2, 0.25) is 0 Å². The Morgan fingerprint density at radius 1 is 0.767 bits per heavy atom. The van der Waals surface area contributed by atoms with Crippen molar-refractivity contribution in [2.75, 3.05) is 0 Å². The molecule has 0 spiro atoms. The van der Waals surface area contributed by atoms with E-state index in [0.717, 1.165) is 77.0 Å². The molecule has 168 valence electrons. The summed E-state index contributed by atoms with van der Waals surface area (Å²) in [6.45, 7) is 12.4. The van der Waals surface area contributed by atoms with Gasteiger partial charge in [-0.3, -0.25) is 9.59 Å². The van der Waals surface area contributed by atoms with Gasteiger partial charge in [0, 0.05) is 0 Å². The van der Waals surface area contributed by atoms with Crippen LogP contribution in [0.1, 0.15) is 90.9 Å². The third-order valence-electron chi connectivity index (χ3n) is 7.37. The molecule has 4 atom stereocenters. The Kier molecular flexibility index (Phi) is 9.38. The van der Waals surface area contributed by atoms with Gasteiger partial charge in [0.1, 0.15) is 0 Å². The molecule has 0 heterocycles. The number of carboxylic acids is 2. The number of unbranched alkanes of at least 4 members (excludes halogenated alkanes) is 2. The van der Waals surface area contributed by atoms with E-state index in [2.05, 4.69) is 27.0 Å². The Labute approximate surface area is 182 Å². The van der Waals surface area contributed by atoms with E-state index >= 15 is 0 Å². The number of aliphatic carboxylic acids is 2. The summed E-state index contributed by atoms with van der Waals surface area (Å²) in [7, 11) is 0. The van der Waals surface area contributed by atoms with Gasteiger partial charge in [-0.2, -0.15) is 0 Å². The molecule has 0 aromatic rings. The Hall–Kier alpha value is -1.84. The standard InChI is InChI=1S/C26H40O4/c1-5-17(3)11-7-9-13-19-20(14-10-8-12-18(4)6-2)22-16-15-21(19)23(25(27)28)24(22)26(29)30/h21-24H,3-16H2,1-2H3,(H,27,28)(H,29,30). The van der Waals surface area contributed by atoms with Crippen molar-refractivity contribution >= 4 is 11.9 Å². The zero-order valence-corrected chi connectivity index (χ0v) is 18.9. The highest BCUT2D eigenvalue weighted by atomic mass is 16.4. The first-order valence-electron chi connectivity index (χ1n) is 11.8. The minimum absolute atomic E-state index is 0.108. The summed E-state index contributed by atoms with van der Waals surface area (Å²) < 4.78 is 0. The van der Waals surface area contributed by atoms with Gasteiger partial charge in [0.25, 0.3) is 0 Å². The van der Waals surface area contributed by atoms with Crippen LogP contribution < -0.4 is 0 Å². The van der Waals surface area contributed by atoms with Gasteiger partial charge in [-0.1, -0.05) is 49.3 Å². The topological polar surface area (TPSA) is 74.6 Å². The molecule has 0 aromatic heterocycles. The van der Waals surface area contributed by atoms with Crippen LogP contribution >= 0.6 is 0 Å². The van der Waals surface area contributed by atoms with Gasteiger partial charge in [-0.15, -0.1) is 0 Å². The monoisotopic (exact) mass is 416 g/mol. The highest BCUT2D eigenvalue weighted by molar-refractivity contribution is 5.82. The smallest absolute Gasteiger partial charge is 0.308 e. The molecule has 3 aliphatic carbocycles. The Balaban J connectivity index is 2.19. The molecule has 0 aliphatic heterocycles. The Morgan fingerprint density at radius 3 is 1.43 bits per heavy atom. The predicted molar refractivity (Wildman–Crippen MR) is 121 cm³/mol. The molecule has 1 fully saturated rings. The lowest BCUT2D eigenvalue weighted by Gasteiger charge is -2.48. The van der Waals surface area contributed by atoms with Gasteiger partial charge >= 0.3 is 11.9 Å². The van der Waals surface area contributed by atoms with Crippen molar-refractivity contribution in [2.45, 2.75) is 90.9 Å². The third-order valence-corrected chi connectivity index (χ3v) is 7.37. The van der Waals surface area contributed by atoms with Gasteiger partial charge in [-0.05, 0) is 88.9 Å². The number of rotatable bonds is 14. The summed E-state index contributed by atoms with van der Waals surface area (Å²) in [5.74, 6) is -3.64. The van der Waals surface area contributed by atoms with E-state index in [1.165, 1.54) is 22.3 Å². The second kappa shape index (κ2) is 11.5. The molecule has 0 radical (unpaired) electrons. The zero-order chi connectivity index (χ0) is 22.3. The number of carbonyl (C=O) groups is 2. The zero-order valence-electron chi connectivity index (χ0n) is 18.9. The van der Waals surface area contributed by atoms with E-state index in [-0.39, 0.29) is 11.8 Å².